The van der Waals surface area contributed by atoms with Crippen LogP contribution < -0.4 is 0 Å². The first-order chi connectivity index (χ1) is 10.1. The second-order valence-corrected chi connectivity index (χ2v) is 6.98. The van der Waals surface area contributed by atoms with Gasteiger partial charge in [0, 0.05) is 31.2 Å². The van der Waals surface area contributed by atoms with Crippen molar-refractivity contribution in [2.45, 2.75) is 39.8 Å². The molecule has 1 fully saturated rings. The van der Waals surface area contributed by atoms with Crippen LogP contribution in [0, 0.1) is 19.8 Å². The van der Waals surface area contributed by atoms with Gasteiger partial charge < -0.3 is 0 Å². The zero-order valence-electron chi connectivity index (χ0n) is 12.3. The minimum atomic E-state index is 0.601. The molecular weight excluding hydrogens is 308 g/mol. The maximum absolute atomic E-state index is 6.09. The standard InChI is InChI=1S/C13H19ClN6S/c1-9-15-10(2)20(17-9)7-11-4-3-5-19(6-11)8-12-13(14)21-18-16-12/h11H,3-8H2,1-2H3/t11-/m0/s1. The summed E-state index contributed by atoms with van der Waals surface area (Å²) in [7, 11) is 0. The largest absolute Gasteiger partial charge is 0.297 e. The zero-order chi connectivity index (χ0) is 14.8. The first-order valence-corrected chi connectivity index (χ1v) is 8.34. The Morgan fingerprint density at radius 1 is 1.38 bits per heavy atom. The van der Waals surface area contributed by atoms with Gasteiger partial charge in [0.2, 0.25) is 0 Å². The molecular formula is C13H19ClN6S. The van der Waals surface area contributed by atoms with E-state index >= 15 is 0 Å². The van der Waals surface area contributed by atoms with Gasteiger partial charge in [-0.3, -0.25) is 4.90 Å². The van der Waals surface area contributed by atoms with Gasteiger partial charge in [0.05, 0.1) is 0 Å². The van der Waals surface area contributed by atoms with Crippen molar-refractivity contribution < 1.29 is 0 Å². The molecule has 1 aliphatic heterocycles. The molecule has 0 unspecified atom stereocenters. The Morgan fingerprint density at radius 3 is 2.90 bits per heavy atom. The number of likely N-dealkylation sites (tertiary alicyclic amines) is 1. The average Bonchev–Trinajstić information content (AvgIpc) is 2.97. The molecule has 0 amide bonds. The third-order valence-corrected chi connectivity index (χ3v) is 4.86. The molecule has 0 spiro atoms. The first kappa shape index (κ1) is 14.9. The molecule has 3 rings (SSSR count). The molecule has 1 aliphatic rings. The van der Waals surface area contributed by atoms with Crippen LogP contribution in [-0.2, 0) is 13.1 Å². The maximum atomic E-state index is 6.09. The summed E-state index contributed by atoms with van der Waals surface area (Å²) in [5.41, 5.74) is 0.898. The molecule has 114 valence electrons. The van der Waals surface area contributed by atoms with Gasteiger partial charge in [0.25, 0.3) is 0 Å². The van der Waals surface area contributed by atoms with E-state index in [1.54, 1.807) is 0 Å². The van der Waals surface area contributed by atoms with Crippen LogP contribution in [0.1, 0.15) is 30.2 Å². The highest BCUT2D eigenvalue weighted by molar-refractivity contribution is 7.10. The van der Waals surface area contributed by atoms with Crippen molar-refractivity contribution >= 4 is 23.1 Å². The summed E-state index contributed by atoms with van der Waals surface area (Å²) in [5, 5.41) is 8.57. The molecule has 0 bridgehead atoms. The number of halogens is 1. The highest BCUT2D eigenvalue weighted by atomic mass is 35.5. The number of aryl methyl sites for hydroxylation is 2. The fourth-order valence-electron chi connectivity index (χ4n) is 2.93. The molecule has 2 aromatic rings. The Labute approximate surface area is 133 Å². The van der Waals surface area contributed by atoms with Crippen LogP contribution in [0.2, 0.25) is 4.34 Å². The van der Waals surface area contributed by atoms with Gasteiger partial charge in [-0.05, 0) is 39.2 Å². The van der Waals surface area contributed by atoms with Crippen molar-refractivity contribution in [3.63, 3.8) is 0 Å². The van der Waals surface area contributed by atoms with E-state index in [0.717, 1.165) is 43.5 Å². The average molecular weight is 327 g/mol. The number of piperidine rings is 1. The van der Waals surface area contributed by atoms with E-state index < -0.39 is 0 Å². The van der Waals surface area contributed by atoms with Crippen LogP contribution in [0.4, 0.5) is 0 Å². The molecule has 2 aromatic heterocycles. The quantitative estimate of drug-likeness (QED) is 0.863. The molecule has 21 heavy (non-hydrogen) atoms. The van der Waals surface area contributed by atoms with E-state index in [1.165, 1.54) is 24.4 Å². The predicted molar refractivity (Wildman–Crippen MR) is 82.4 cm³/mol. The second-order valence-electron chi connectivity index (χ2n) is 5.63. The van der Waals surface area contributed by atoms with Crippen molar-refractivity contribution in [1.29, 1.82) is 0 Å². The minimum Gasteiger partial charge on any atom is -0.297 e. The molecule has 0 aliphatic carbocycles. The van der Waals surface area contributed by atoms with E-state index in [-0.39, 0.29) is 0 Å². The number of hydrogen-bond donors (Lipinski definition) is 0. The van der Waals surface area contributed by atoms with Gasteiger partial charge in [-0.1, -0.05) is 16.1 Å². The SMILES string of the molecule is Cc1nc(C)n(C[C@H]2CCCN(Cc3nnsc3Cl)C2)n1. The zero-order valence-corrected chi connectivity index (χ0v) is 13.9. The number of aromatic nitrogens is 5. The van der Waals surface area contributed by atoms with Crippen molar-refractivity contribution in [2.75, 3.05) is 13.1 Å². The third kappa shape index (κ3) is 3.59. The highest BCUT2D eigenvalue weighted by Crippen LogP contribution is 2.23. The Bertz CT molecular complexity index is 610. The second kappa shape index (κ2) is 6.37. The Kier molecular flexibility index (Phi) is 4.51. The van der Waals surface area contributed by atoms with Crippen molar-refractivity contribution in [1.82, 2.24) is 29.3 Å². The summed E-state index contributed by atoms with van der Waals surface area (Å²) in [4.78, 5) is 6.78. The molecule has 3 heterocycles. The summed E-state index contributed by atoms with van der Waals surface area (Å²) < 4.78 is 6.64. The Balaban J connectivity index is 1.60. The highest BCUT2D eigenvalue weighted by Gasteiger charge is 2.22. The van der Waals surface area contributed by atoms with E-state index in [4.69, 9.17) is 11.6 Å². The lowest BCUT2D eigenvalue weighted by Gasteiger charge is -2.32. The molecule has 0 radical (unpaired) electrons. The molecule has 0 saturated carbocycles. The Morgan fingerprint density at radius 2 is 2.24 bits per heavy atom. The van der Waals surface area contributed by atoms with Crippen LogP contribution in [0.3, 0.4) is 0 Å². The van der Waals surface area contributed by atoms with E-state index in [2.05, 4.69) is 24.6 Å². The molecule has 1 atom stereocenters. The van der Waals surface area contributed by atoms with Gasteiger partial charge >= 0.3 is 0 Å². The number of nitrogens with zero attached hydrogens (tertiary/aromatic N) is 6. The lowest BCUT2D eigenvalue weighted by molar-refractivity contribution is 0.151. The van der Waals surface area contributed by atoms with Gasteiger partial charge in [-0.15, -0.1) is 5.10 Å². The van der Waals surface area contributed by atoms with Crippen molar-refractivity contribution in [2.24, 2.45) is 5.92 Å². The van der Waals surface area contributed by atoms with E-state index in [0.29, 0.717) is 10.3 Å². The lowest BCUT2D eigenvalue weighted by Crippen LogP contribution is -2.37. The van der Waals surface area contributed by atoms with Crippen LogP contribution in [0.25, 0.3) is 0 Å². The lowest BCUT2D eigenvalue weighted by atomic mass is 9.98. The number of rotatable bonds is 4. The van der Waals surface area contributed by atoms with Crippen LogP contribution in [0.15, 0.2) is 0 Å². The van der Waals surface area contributed by atoms with Crippen LogP contribution in [0.5, 0.6) is 0 Å². The number of hydrogen-bond acceptors (Lipinski definition) is 6. The van der Waals surface area contributed by atoms with Gasteiger partial charge in [0.1, 0.15) is 21.7 Å². The maximum Gasteiger partial charge on any atom is 0.147 e. The predicted octanol–water partition coefficient (Wildman–Crippen LogP) is 2.31. The molecule has 6 nitrogen and oxygen atoms in total. The molecule has 8 heteroatoms. The van der Waals surface area contributed by atoms with E-state index in [9.17, 15) is 0 Å². The summed E-state index contributed by atoms with van der Waals surface area (Å²) in [6.45, 7) is 7.83. The monoisotopic (exact) mass is 326 g/mol. The van der Waals surface area contributed by atoms with Crippen LogP contribution in [-0.4, -0.2) is 42.3 Å². The van der Waals surface area contributed by atoms with Crippen LogP contribution >= 0.6 is 23.1 Å². The molecule has 0 aromatic carbocycles. The normalized spacial score (nSPS) is 20.0. The summed E-state index contributed by atoms with van der Waals surface area (Å²) >= 11 is 7.35. The first-order valence-electron chi connectivity index (χ1n) is 7.19. The fourth-order valence-corrected chi connectivity index (χ4v) is 3.54. The van der Waals surface area contributed by atoms with Crippen molar-refractivity contribution in [3.05, 3.63) is 21.7 Å². The summed E-state index contributed by atoms with van der Waals surface area (Å²) in [6, 6.07) is 0. The fraction of sp³-hybridized carbons (Fsp3) is 0.692. The third-order valence-electron chi connectivity index (χ3n) is 3.88. The molecule has 1 saturated heterocycles. The smallest absolute Gasteiger partial charge is 0.147 e. The summed E-state index contributed by atoms with van der Waals surface area (Å²) in [6.07, 6.45) is 2.43. The molecule has 0 N–H and O–H groups in total. The van der Waals surface area contributed by atoms with Gasteiger partial charge in [-0.25, -0.2) is 9.67 Å². The summed E-state index contributed by atoms with van der Waals surface area (Å²) in [5.74, 6) is 2.45. The van der Waals surface area contributed by atoms with Gasteiger partial charge in [0.15, 0.2) is 0 Å². The van der Waals surface area contributed by atoms with E-state index in [1.807, 2.05) is 18.5 Å². The topological polar surface area (TPSA) is 59.7 Å². The minimum absolute atomic E-state index is 0.601. The van der Waals surface area contributed by atoms with Gasteiger partial charge in [-0.2, -0.15) is 5.10 Å². The Hall–Kier alpha value is -1.05. The van der Waals surface area contributed by atoms with Crippen molar-refractivity contribution in [3.8, 4) is 0 Å².